The van der Waals surface area contributed by atoms with Crippen molar-refractivity contribution in [3.05, 3.63) is 64.7 Å². The summed E-state index contributed by atoms with van der Waals surface area (Å²) in [4.78, 5) is 0. The molecule has 2 aliphatic carbocycles. The second-order valence-corrected chi connectivity index (χ2v) is 10.5. The van der Waals surface area contributed by atoms with Crippen LogP contribution in [-0.4, -0.2) is 10.2 Å². The molecule has 2 aromatic carbocycles. The Morgan fingerprint density at radius 2 is 1.77 bits per heavy atom. The van der Waals surface area contributed by atoms with E-state index in [0.29, 0.717) is 11.7 Å². The molecule has 3 unspecified atom stereocenters. The topological polar surface area (TPSA) is 40.5 Å². The lowest BCUT2D eigenvalue weighted by Crippen LogP contribution is -2.17. The Labute approximate surface area is 188 Å². The lowest BCUT2D eigenvalue weighted by molar-refractivity contribution is 0.133. The molecule has 0 spiro atoms. The van der Waals surface area contributed by atoms with Gasteiger partial charge in [0.15, 0.2) is 0 Å². The van der Waals surface area contributed by atoms with E-state index >= 15 is 0 Å². The predicted octanol–water partition coefficient (Wildman–Crippen LogP) is 7.33. The molecule has 31 heavy (non-hydrogen) atoms. The predicted molar refractivity (Wildman–Crippen MR) is 128 cm³/mol. The van der Waals surface area contributed by atoms with Crippen LogP contribution in [0, 0.1) is 17.8 Å². The van der Waals surface area contributed by atoms with Crippen LogP contribution in [0.15, 0.2) is 42.5 Å². The molecule has 2 heteroatoms. The molecule has 0 aliphatic heterocycles. The number of rotatable bonds is 6. The zero-order valence-corrected chi connectivity index (χ0v) is 19.4. The fraction of sp³-hybridized carbons (Fsp3) is 0.586. The van der Waals surface area contributed by atoms with E-state index in [0.717, 1.165) is 48.1 Å². The third-order valence-corrected chi connectivity index (χ3v) is 8.08. The summed E-state index contributed by atoms with van der Waals surface area (Å²) in [5.41, 5.74) is 5.23. The van der Waals surface area contributed by atoms with Crippen molar-refractivity contribution in [2.45, 2.75) is 90.1 Å². The van der Waals surface area contributed by atoms with Gasteiger partial charge in [-0.15, -0.1) is 0 Å². The van der Waals surface area contributed by atoms with E-state index in [1.807, 2.05) is 12.1 Å². The van der Waals surface area contributed by atoms with E-state index in [9.17, 15) is 10.2 Å². The summed E-state index contributed by atoms with van der Waals surface area (Å²) in [7, 11) is 0. The van der Waals surface area contributed by atoms with E-state index in [2.05, 4.69) is 38.1 Å². The molecule has 3 atom stereocenters. The standard InChI is InChI=1S/C29H40O2/c1-3-20(2)15-22-5-4-6-25(17-22)24-10-7-21(8-11-24)16-23-9-12-26-19-27(30)13-14-28(26)29(31)18-23/h4-6,13-14,17,19-21,23-24,29-31H,3,7-12,15-16,18H2,1-2H3. The van der Waals surface area contributed by atoms with Crippen molar-refractivity contribution < 1.29 is 10.2 Å². The minimum absolute atomic E-state index is 0.316. The zero-order valence-electron chi connectivity index (χ0n) is 19.4. The minimum Gasteiger partial charge on any atom is -0.508 e. The summed E-state index contributed by atoms with van der Waals surface area (Å²) < 4.78 is 0. The number of hydrogen-bond donors (Lipinski definition) is 2. The maximum Gasteiger partial charge on any atom is 0.115 e. The number of hydrogen-bond acceptors (Lipinski definition) is 2. The van der Waals surface area contributed by atoms with Crippen molar-refractivity contribution in [2.24, 2.45) is 17.8 Å². The number of aliphatic hydroxyl groups excluding tert-OH is 1. The normalized spacial score (nSPS) is 27.3. The van der Waals surface area contributed by atoms with Crippen LogP contribution >= 0.6 is 0 Å². The van der Waals surface area contributed by atoms with Crippen LogP contribution < -0.4 is 0 Å². The Morgan fingerprint density at radius 3 is 2.55 bits per heavy atom. The Kier molecular flexibility index (Phi) is 7.38. The van der Waals surface area contributed by atoms with E-state index in [4.69, 9.17) is 0 Å². The highest BCUT2D eigenvalue weighted by Gasteiger charge is 2.28. The lowest BCUT2D eigenvalue weighted by Gasteiger charge is -2.31. The highest BCUT2D eigenvalue weighted by Crippen LogP contribution is 2.42. The summed E-state index contributed by atoms with van der Waals surface area (Å²) in [6, 6.07) is 14.9. The Morgan fingerprint density at radius 1 is 0.968 bits per heavy atom. The summed E-state index contributed by atoms with van der Waals surface area (Å²) >= 11 is 0. The number of phenols is 1. The molecule has 2 nitrogen and oxygen atoms in total. The second-order valence-electron chi connectivity index (χ2n) is 10.5. The van der Waals surface area contributed by atoms with E-state index in [1.54, 1.807) is 11.6 Å². The van der Waals surface area contributed by atoms with Crippen LogP contribution in [0.1, 0.15) is 99.5 Å². The first kappa shape index (κ1) is 22.4. The smallest absolute Gasteiger partial charge is 0.115 e. The molecule has 0 saturated heterocycles. The van der Waals surface area contributed by atoms with Crippen molar-refractivity contribution in [1.82, 2.24) is 0 Å². The van der Waals surface area contributed by atoms with Crippen molar-refractivity contribution in [3.63, 3.8) is 0 Å². The summed E-state index contributed by atoms with van der Waals surface area (Å²) in [5.74, 6) is 3.18. The fourth-order valence-corrected chi connectivity index (χ4v) is 5.99. The van der Waals surface area contributed by atoms with Gasteiger partial charge in [0.2, 0.25) is 0 Å². The molecule has 2 aliphatic rings. The molecule has 4 rings (SSSR count). The number of phenolic OH excluding ortho intramolecular Hbond substituents is 1. The monoisotopic (exact) mass is 420 g/mol. The van der Waals surface area contributed by atoms with Gasteiger partial charge in [0.05, 0.1) is 6.10 Å². The van der Waals surface area contributed by atoms with Gasteiger partial charge in [-0.25, -0.2) is 0 Å². The fourth-order valence-electron chi connectivity index (χ4n) is 5.99. The molecular weight excluding hydrogens is 380 g/mol. The van der Waals surface area contributed by atoms with Gasteiger partial charge in [-0.05, 0) is 116 Å². The van der Waals surface area contributed by atoms with Crippen LogP contribution in [0.5, 0.6) is 5.75 Å². The van der Waals surface area contributed by atoms with Crippen molar-refractivity contribution in [2.75, 3.05) is 0 Å². The van der Waals surface area contributed by atoms with E-state index in [1.165, 1.54) is 50.5 Å². The van der Waals surface area contributed by atoms with Gasteiger partial charge in [-0.3, -0.25) is 0 Å². The third kappa shape index (κ3) is 5.71. The van der Waals surface area contributed by atoms with Crippen LogP contribution in [0.4, 0.5) is 0 Å². The Hall–Kier alpha value is -1.80. The molecule has 168 valence electrons. The average Bonchev–Trinajstić information content (AvgIpc) is 2.92. The first-order valence-corrected chi connectivity index (χ1v) is 12.6. The molecule has 0 heterocycles. The molecule has 0 bridgehead atoms. The van der Waals surface area contributed by atoms with Crippen LogP contribution in [0.3, 0.4) is 0 Å². The molecule has 0 aromatic heterocycles. The number of fused-ring (bicyclic) bond motifs is 1. The van der Waals surface area contributed by atoms with Crippen molar-refractivity contribution >= 4 is 0 Å². The average molecular weight is 421 g/mol. The SMILES string of the molecule is CCC(C)Cc1cccc(C2CCC(CC3CCc4cc(O)ccc4C(O)C3)CC2)c1. The Balaban J connectivity index is 1.30. The minimum atomic E-state index is -0.382. The number of aryl methyl sites for hydroxylation is 1. The van der Waals surface area contributed by atoms with Crippen LogP contribution in [-0.2, 0) is 12.8 Å². The highest BCUT2D eigenvalue weighted by molar-refractivity contribution is 5.37. The van der Waals surface area contributed by atoms with Gasteiger partial charge in [0.1, 0.15) is 5.75 Å². The molecule has 0 radical (unpaired) electrons. The van der Waals surface area contributed by atoms with E-state index < -0.39 is 0 Å². The molecule has 1 fully saturated rings. The number of aliphatic hydroxyl groups is 1. The highest BCUT2D eigenvalue weighted by atomic mass is 16.3. The lowest BCUT2D eigenvalue weighted by atomic mass is 9.74. The van der Waals surface area contributed by atoms with Gasteiger partial charge >= 0.3 is 0 Å². The third-order valence-electron chi connectivity index (χ3n) is 8.08. The van der Waals surface area contributed by atoms with Gasteiger partial charge in [0.25, 0.3) is 0 Å². The largest absolute Gasteiger partial charge is 0.508 e. The molecule has 2 N–H and O–H groups in total. The number of aromatic hydroxyl groups is 1. The quantitative estimate of drug-likeness (QED) is 0.480. The van der Waals surface area contributed by atoms with Crippen LogP contribution in [0.25, 0.3) is 0 Å². The summed E-state index contributed by atoms with van der Waals surface area (Å²) in [5, 5.41) is 20.6. The molecule has 2 aromatic rings. The Bertz CT molecular complexity index is 850. The van der Waals surface area contributed by atoms with Gasteiger partial charge in [-0.1, -0.05) is 50.6 Å². The van der Waals surface area contributed by atoms with Crippen LogP contribution in [0.2, 0.25) is 0 Å². The summed E-state index contributed by atoms with van der Waals surface area (Å²) in [6.45, 7) is 4.63. The summed E-state index contributed by atoms with van der Waals surface area (Å²) in [6.07, 6.45) is 11.5. The zero-order chi connectivity index (χ0) is 21.8. The maximum atomic E-state index is 10.7. The first-order valence-electron chi connectivity index (χ1n) is 12.6. The first-order chi connectivity index (χ1) is 15.0. The maximum absolute atomic E-state index is 10.7. The molecule has 0 amide bonds. The van der Waals surface area contributed by atoms with E-state index in [-0.39, 0.29) is 6.10 Å². The van der Waals surface area contributed by atoms with Gasteiger partial charge < -0.3 is 10.2 Å². The number of benzene rings is 2. The molecular formula is C29H40O2. The van der Waals surface area contributed by atoms with Gasteiger partial charge in [0, 0.05) is 0 Å². The van der Waals surface area contributed by atoms with Gasteiger partial charge in [-0.2, -0.15) is 0 Å². The van der Waals surface area contributed by atoms with Crippen molar-refractivity contribution in [3.8, 4) is 5.75 Å². The molecule has 1 saturated carbocycles. The van der Waals surface area contributed by atoms with Crippen molar-refractivity contribution in [1.29, 1.82) is 0 Å². The second kappa shape index (κ2) is 10.2.